The molecule has 10 heteroatoms. The number of fused-ring (bicyclic) bond motifs is 1. The van der Waals surface area contributed by atoms with Gasteiger partial charge in [-0.15, -0.1) is 0 Å². The van der Waals surface area contributed by atoms with Crippen LogP contribution in [0.2, 0.25) is 0 Å². The van der Waals surface area contributed by atoms with E-state index in [0.29, 0.717) is 22.9 Å². The van der Waals surface area contributed by atoms with Crippen LogP contribution in [0.15, 0.2) is 61.5 Å². The van der Waals surface area contributed by atoms with Gasteiger partial charge in [-0.3, -0.25) is 4.79 Å². The van der Waals surface area contributed by atoms with Gasteiger partial charge in [0.15, 0.2) is 5.58 Å². The van der Waals surface area contributed by atoms with E-state index < -0.39 is 10.0 Å². The van der Waals surface area contributed by atoms with Crippen LogP contribution in [-0.2, 0) is 21.4 Å². The van der Waals surface area contributed by atoms with Crippen LogP contribution in [-0.4, -0.2) is 55.4 Å². The molecular weight excluding hydrogens is 478 g/mol. The normalized spacial score (nSPS) is 11.9. The van der Waals surface area contributed by atoms with Gasteiger partial charge >= 0.3 is 0 Å². The minimum atomic E-state index is -3.55. The summed E-state index contributed by atoms with van der Waals surface area (Å²) in [5.41, 5.74) is 1.92. The van der Waals surface area contributed by atoms with Crippen molar-refractivity contribution in [3.63, 3.8) is 0 Å². The number of aromatic nitrogens is 1. The standard InChI is InChI=1S/C19H20BrN3O4S2/c1-22(2)29(25,26)14-8-9-17-16(10-14)21-19(27-17)28-12-18(24)23(3)11-13-6-4-5-7-15(13)20/h4-10H,11-12H2,1-3H3. The summed E-state index contributed by atoms with van der Waals surface area (Å²) in [6, 6.07) is 12.3. The Kier molecular flexibility index (Phi) is 6.67. The molecule has 0 saturated carbocycles. The van der Waals surface area contributed by atoms with E-state index >= 15 is 0 Å². The molecule has 0 unspecified atom stereocenters. The Bertz CT molecular complexity index is 1150. The molecule has 1 aromatic heterocycles. The Morgan fingerprint density at radius 2 is 1.90 bits per heavy atom. The van der Waals surface area contributed by atoms with Crippen LogP contribution in [0.4, 0.5) is 0 Å². The lowest BCUT2D eigenvalue weighted by atomic mass is 10.2. The van der Waals surface area contributed by atoms with Gasteiger partial charge in [-0.1, -0.05) is 45.9 Å². The number of hydrogen-bond donors (Lipinski definition) is 0. The van der Waals surface area contributed by atoms with Crippen molar-refractivity contribution in [1.29, 1.82) is 0 Å². The first kappa shape index (κ1) is 21.8. The number of benzene rings is 2. The highest BCUT2D eigenvalue weighted by atomic mass is 79.9. The van der Waals surface area contributed by atoms with Crippen LogP contribution in [0.1, 0.15) is 5.56 Å². The van der Waals surface area contributed by atoms with Gasteiger partial charge in [0.2, 0.25) is 15.9 Å². The van der Waals surface area contributed by atoms with Gasteiger partial charge in [-0.25, -0.2) is 17.7 Å². The predicted molar refractivity (Wildman–Crippen MR) is 116 cm³/mol. The molecule has 0 saturated heterocycles. The molecule has 29 heavy (non-hydrogen) atoms. The first-order valence-electron chi connectivity index (χ1n) is 8.62. The molecule has 0 atom stereocenters. The summed E-state index contributed by atoms with van der Waals surface area (Å²) in [4.78, 5) is 18.5. The maximum Gasteiger partial charge on any atom is 0.257 e. The average molecular weight is 498 g/mol. The molecule has 0 aliphatic rings. The SMILES string of the molecule is CN(Cc1ccccc1Br)C(=O)CSc1nc2cc(S(=O)(=O)N(C)C)ccc2o1. The molecule has 0 N–H and O–H groups in total. The van der Waals surface area contributed by atoms with Crippen LogP contribution in [0.3, 0.4) is 0 Å². The highest BCUT2D eigenvalue weighted by Gasteiger charge is 2.19. The van der Waals surface area contributed by atoms with Crippen molar-refractivity contribution >= 4 is 54.7 Å². The van der Waals surface area contributed by atoms with Crippen molar-refractivity contribution in [2.75, 3.05) is 26.9 Å². The number of hydrogen-bond acceptors (Lipinski definition) is 6. The Hall–Kier alpha value is -1.88. The number of thioether (sulfide) groups is 1. The number of carbonyl (C=O) groups is 1. The summed E-state index contributed by atoms with van der Waals surface area (Å²) in [7, 11) is 1.14. The summed E-state index contributed by atoms with van der Waals surface area (Å²) in [6.07, 6.45) is 0. The number of halogens is 1. The molecule has 0 aliphatic carbocycles. The summed E-state index contributed by atoms with van der Waals surface area (Å²) in [5, 5.41) is 0.321. The quantitative estimate of drug-likeness (QED) is 0.463. The Morgan fingerprint density at radius 1 is 1.17 bits per heavy atom. The molecule has 2 aromatic carbocycles. The third-order valence-corrected chi connectivity index (χ3v) is 7.63. The Labute approximate surface area is 182 Å². The molecule has 1 amide bonds. The van der Waals surface area contributed by atoms with Gasteiger partial charge in [0, 0.05) is 32.2 Å². The number of oxazole rings is 1. The van der Waals surface area contributed by atoms with Gasteiger partial charge in [-0.2, -0.15) is 0 Å². The number of amides is 1. The fourth-order valence-corrected chi connectivity index (χ4v) is 4.63. The van der Waals surface area contributed by atoms with Gasteiger partial charge in [0.1, 0.15) is 5.52 Å². The lowest BCUT2D eigenvalue weighted by Crippen LogP contribution is -2.27. The van der Waals surface area contributed by atoms with Crippen molar-refractivity contribution in [1.82, 2.24) is 14.2 Å². The Morgan fingerprint density at radius 3 is 2.59 bits per heavy atom. The zero-order valence-corrected chi connectivity index (χ0v) is 19.3. The van der Waals surface area contributed by atoms with E-state index in [9.17, 15) is 13.2 Å². The van der Waals surface area contributed by atoms with E-state index in [4.69, 9.17) is 4.42 Å². The topological polar surface area (TPSA) is 83.7 Å². The maximum absolute atomic E-state index is 12.4. The lowest BCUT2D eigenvalue weighted by Gasteiger charge is -2.17. The predicted octanol–water partition coefficient (Wildman–Crippen LogP) is 3.59. The largest absolute Gasteiger partial charge is 0.431 e. The third-order valence-electron chi connectivity index (χ3n) is 4.23. The van der Waals surface area contributed by atoms with E-state index in [2.05, 4.69) is 20.9 Å². The molecule has 0 radical (unpaired) electrons. The number of carbonyl (C=O) groups excluding carboxylic acids is 1. The lowest BCUT2D eigenvalue weighted by molar-refractivity contribution is -0.127. The average Bonchev–Trinajstić information content (AvgIpc) is 3.09. The van der Waals surface area contributed by atoms with Crippen LogP contribution in [0.5, 0.6) is 0 Å². The summed E-state index contributed by atoms with van der Waals surface area (Å²) >= 11 is 4.66. The van der Waals surface area contributed by atoms with E-state index in [1.54, 1.807) is 18.0 Å². The van der Waals surface area contributed by atoms with E-state index in [1.807, 2.05) is 24.3 Å². The number of sulfonamides is 1. The summed E-state index contributed by atoms with van der Waals surface area (Å²) in [6.45, 7) is 0.486. The van der Waals surface area contributed by atoms with Crippen LogP contribution in [0, 0.1) is 0 Å². The summed E-state index contributed by atoms with van der Waals surface area (Å²) in [5.74, 6) is 0.0975. The highest BCUT2D eigenvalue weighted by molar-refractivity contribution is 9.10. The molecule has 0 spiro atoms. The second-order valence-electron chi connectivity index (χ2n) is 6.53. The fraction of sp³-hybridized carbons (Fsp3) is 0.263. The molecule has 3 rings (SSSR count). The number of rotatable bonds is 7. The van der Waals surface area contributed by atoms with Crippen LogP contribution < -0.4 is 0 Å². The van der Waals surface area contributed by atoms with Crippen molar-refractivity contribution < 1.29 is 17.6 Å². The molecule has 3 aromatic rings. The van der Waals surface area contributed by atoms with Gasteiger partial charge in [0.05, 0.1) is 10.6 Å². The first-order valence-corrected chi connectivity index (χ1v) is 11.8. The highest BCUT2D eigenvalue weighted by Crippen LogP contribution is 2.26. The molecule has 7 nitrogen and oxygen atoms in total. The van der Waals surface area contributed by atoms with Crippen LogP contribution >= 0.6 is 27.7 Å². The van der Waals surface area contributed by atoms with Gasteiger partial charge in [0.25, 0.3) is 5.22 Å². The van der Waals surface area contributed by atoms with Gasteiger partial charge in [-0.05, 0) is 29.8 Å². The minimum absolute atomic E-state index is 0.0658. The van der Waals surface area contributed by atoms with Crippen molar-refractivity contribution in [2.24, 2.45) is 0 Å². The van der Waals surface area contributed by atoms with Crippen molar-refractivity contribution in [2.45, 2.75) is 16.7 Å². The maximum atomic E-state index is 12.4. The Balaban J connectivity index is 1.67. The second kappa shape index (κ2) is 8.86. The monoisotopic (exact) mass is 497 g/mol. The van der Waals surface area contributed by atoms with Crippen molar-refractivity contribution in [3.8, 4) is 0 Å². The van der Waals surface area contributed by atoms with Crippen molar-refractivity contribution in [3.05, 3.63) is 52.5 Å². The molecule has 0 aliphatic heterocycles. The zero-order valence-electron chi connectivity index (χ0n) is 16.1. The van der Waals surface area contributed by atoms with E-state index in [1.165, 1.54) is 38.0 Å². The smallest absolute Gasteiger partial charge is 0.257 e. The minimum Gasteiger partial charge on any atom is -0.431 e. The first-order chi connectivity index (χ1) is 13.7. The summed E-state index contributed by atoms with van der Waals surface area (Å²) < 4.78 is 32.2. The molecule has 0 fully saturated rings. The van der Waals surface area contributed by atoms with E-state index in [0.717, 1.165) is 14.3 Å². The second-order valence-corrected chi connectivity index (χ2v) is 10.5. The number of nitrogens with zero attached hydrogens (tertiary/aromatic N) is 3. The van der Waals surface area contributed by atoms with E-state index in [-0.39, 0.29) is 16.6 Å². The third kappa shape index (κ3) is 5.00. The zero-order chi connectivity index (χ0) is 21.2. The fourth-order valence-electron chi connectivity index (χ4n) is 2.52. The molecule has 154 valence electrons. The molecular formula is C19H20BrN3O4S2. The van der Waals surface area contributed by atoms with Gasteiger partial charge < -0.3 is 9.32 Å². The molecule has 0 bridgehead atoms. The van der Waals surface area contributed by atoms with Crippen LogP contribution in [0.25, 0.3) is 11.1 Å². The molecule has 1 heterocycles.